The van der Waals surface area contributed by atoms with Gasteiger partial charge in [-0.15, -0.1) is 0 Å². The van der Waals surface area contributed by atoms with Crippen LogP contribution >= 0.6 is 0 Å². The first-order valence-corrected chi connectivity index (χ1v) is 6.10. The van der Waals surface area contributed by atoms with E-state index in [1.165, 1.54) is 11.1 Å². The van der Waals surface area contributed by atoms with E-state index in [0.29, 0.717) is 0 Å². The molecular weight excluding hydrogens is 208 g/mol. The van der Waals surface area contributed by atoms with E-state index in [2.05, 4.69) is 53.6 Å². The third-order valence-electron chi connectivity index (χ3n) is 2.77. The molecule has 88 valence electrons. The standard InChI is InChI=1S/C15H18N2/c1-2-10-17-15(13-6-4-3-5-7-13)14-8-11-16-12-9-14/h3-9,11-12,15,17H,2,10H2,1H3/t15-/m1/s1. The summed E-state index contributed by atoms with van der Waals surface area (Å²) < 4.78 is 0. The molecule has 0 unspecified atom stereocenters. The number of aromatic nitrogens is 1. The highest BCUT2D eigenvalue weighted by molar-refractivity contribution is 5.30. The van der Waals surface area contributed by atoms with Gasteiger partial charge in [0.2, 0.25) is 0 Å². The average molecular weight is 226 g/mol. The Kier molecular flexibility index (Phi) is 4.28. The fourth-order valence-corrected chi connectivity index (χ4v) is 1.92. The second-order valence-electron chi connectivity index (χ2n) is 4.08. The van der Waals surface area contributed by atoms with Crippen molar-refractivity contribution < 1.29 is 0 Å². The second kappa shape index (κ2) is 6.16. The number of pyridine rings is 1. The summed E-state index contributed by atoms with van der Waals surface area (Å²) in [4.78, 5) is 4.07. The summed E-state index contributed by atoms with van der Waals surface area (Å²) in [6.45, 7) is 3.20. The van der Waals surface area contributed by atoms with Crippen molar-refractivity contribution >= 4 is 0 Å². The van der Waals surface area contributed by atoms with Crippen molar-refractivity contribution in [2.75, 3.05) is 6.54 Å². The number of rotatable bonds is 5. The summed E-state index contributed by atoms with van der Waals surface area (Å²) in [6, 6.07) is 14.9. The molecule has 2 nitrogen and oxygen atoms in total. The van der Waals surface area contributed by atoms with Crippen LogP contribution in [0.25, 0.3) is 0 Å². The van der Waals surface area contributed by atoms with Crippen LogP contribution in [0.5, 0.6) is 0 Å². The first-order valence-electron chi connectivity index (χ1n) is 6.10. The van der Waals surface area contributed by atoms with Gasteiger partial charge in [0, 0.05) is 12.4 Å². The van der Waals surface area contributed by atoms with Gasteiger partial charge in [0.1, 0.15) is 0 Å². The minimum Gasteiger partial charge on any atom is -0.306 e. The zero-order valence-electron chi connectivity index (χ0n) is 10.1. The molecule has 1 atom stereocenters. The lowest BCUT2D eigenvalue weighted by Gasteiger charge is -2.19. The fraction of sp³-hybridized carbons (Fsp3) is 0.267. The Bertz CT molecular complexity index is 386. The van der Waals surface area contributed by atoms with Gasteiger partial charge in [-0.05, 0) is 36.2 Å². The maximum Gasteiger partial charge on any atom is 0.0577 e. The molecule has 0 saturated carbocycles. The van der Waals surface area contributed by atoms with E-state index in [1.54, 1.807) is 0 Å². The summed E-state index contributed by atoms with van der Waals surface area (Å²) >= 11 is 0. The van der Waals surface area contributed by atoms with Crippen molar-refractivity contribution in [3.05, 3.63) is 66.0 Å². The molecule has 0 saturated heterocycles. The van der Waals surface area contributed by atoms with E-state index in [1.807, 2.05) is 18.5 Å². The van der Waals surface area contributed by atoms with Crippen LogP contribution in [0.4, 0.5) is 0 Å². The number of hydrogen-bond acceptors (Lipinski definition) is 2. The van der Waals surface area contributed by atoms with E-state index in [-0.39, 0.29) is 6.04 Å². The van der Waals surface area contributed by atoms with Gasteiger partial charge in [-0.1, -0.05) is 37.3 Å². The molecule has 0 aliphatic carbocycles. The topological polar surface area (TPSA) is 24.9 Å². The van der Waals surface area contributed by atoms with Gasteiger partial charge >= 0.3 is 0 Å². The lowest BCUT2D eigenvalue weighted by Crippen LogP contribution is -2.23. The molecule has 0 aliphatic heterocycles. The number of hydrogen-bond donors (Lipinski definition) is 1. The van der Waals surface area contributed by atoms with E-state index >= 15 is 0 Å². The van der Waals surface area contributed by atoms with Gasteiger partial charge in [-0.3, -0.25) is 4.98 Å². The maximum absolute atomic E-state index is 4.07. The monoisotopic (exact) mass is 226 g/mol. The molecule has 2 heteroatoms. The lowest BCUT2D eigenvalue weighted by molar-refractivity contribution is 0.598. The molecule has 1 aromatic carbocycles. The third-order valence-corrected chi connectivity index (χ3v) is 2.77. The van der Waals surface area contributed by atoms with Gasteiger partial charge < -0.3 is 5.32 Å². The fourth-order valence-electron chi connectivity index (χ4n) is 1.92. The van der Waals surface area contributed by atoms with Crippen molar-refractivity contribution in [2.45, 2.75) is 19.4 Å². The minimum atomic E-state index is 0.263. The Morgan fingerprint density at radius 1 is 1.00 bits per heavy atom. The Labute approximate surface area is 103 Å². The summed E-state index contributed by atoms with van der Waals surface area (Å²) in [5.74, 6) is 0. The van der Waals surface area contributed by atoms with Crippen LogP contribution in [0.2, 0.25) is 0 Å². The van der Waals surface area contributed by atoms with Crippen LogP contribution in [0.3, 0.4) is 0 Å². The van der Waals surface area contributed by atoms with Crippen molar-refractivity contribution in [1.29, 1.82) is 0 Å². The van der Waals surface area contributed by atoms with Gasteiger partial charge in [0.15, 0.2) is 0 Å². The van der Waals surface area contributed by atoms with Crippen molar-refractivity contribution in [3.8, 4) is 0 Å². The number of nitrogens with one attached hydrogen (secondary N) is 1. The molecule has 0 radical (unpaired) electrons. The van der Waals surface area contributed by atoms with E-state index in [4.69, 9.17) is 0 Å². The Morgan fingerprint density at radius 2 is 1.65 bits per heavy atom. The van der Waals surface area contributed by atoms with Crippen molar-refractivity contribution in [3.63, 3.8) is 0 Å². The predicted octanol–water partition coefficient (Wildman–Crippen LogP) is 3.17. The summed E-state index contributed by atoms with van der Waals surface area (Å²) in [5, 5.41) is 3.57. The molecule has 1 aromatic heterocycles. The quantitative estimate of drug-likeness (QED) is 0.847. The van der Waals surface area contributed by atoms with E-state index in [9.17, 15) is 0 Å². The molecule has 17 heavy (non-hydrogen) atoms. The van der Waals surface area contributed by atoms with Crippen molar-refractivity contribution in [2.24, 2.45) is 0 Å². The Morgan fingerprint density at radius 3 is 2.29 bits per heavy atom. The summed E-state index contributed by atoms with van der Waals surface area (Å²) in [7, 11) is 0. The molecule has 1 heterocycles. The molecule has 2 aromatic rings. The maximum atomic E-state index is 4.07. The summed E-state index contributed by atoms with van der Waals surface area (Å²) in [6.07, 6.45) is 4.83. The zero-order valence-corrected chi connectivity index (χ0v) is 10.1. The van der Waals surface area contributed by atoms with Crippen LogP contribution in [0.1, 0.15) is 30.5 Å². The van der Waals surface area contributed by atoms with E-state index < -0.39 is 0 Å². The molecule has 2 rings (SSSR count). The molecule has 0 fully saturated rings. The molecule has 0 amide bonds. The van der Waals surface area contributed by atoms with Crippen molar-refractivity contribution in [1.82, 2.24) is 10.3 Å². The van der Waals surface area contributed by atoms with Gasteiger partial charge in [0.25, 0.3) is 0 Å². The molecule has 0 spiro atoms. The summed E-state index contributed by atoms with van der Waals surface area (Å²) in [5.41, 5.74) is 2.56. The molecule has 1 N–H and O–H groups in total. The predicted molar refractivity (Wildman–Crippen MR) is 70.8 cm³/mol. The van der Waals surface area contributed by atoms with Crippen LogP contribution in [-0.2, 0) is 0 Å². The van der Waals surface area contributed by atoms with E-state index in [0.717, 1.165) is 13.0 Å². The van der Waals surface area contributed by atoms with Gasteiger partial charge in [-0.2, -0.15) is 0 Å². The molecule has 0 aliphatic rings. The number of nitrogens with zero attached hydrogens (tertiary/aromatic N) is 1. The average Bonchev–Trinajstić information content (AvgIpc) is 2.42. The highest BCUT2D eigenvalue weighted by atomic mass is 14.9. The normalized spacial score (nSPS) is 12.3. The van der Waals surface area contributed by atoms with Crippen LogP contribution < -0.4 is 5.32 Å². The largest absolute Gasteiger partial charge is 0.306 e. The molecule has 0 bridgehead atoms. The Balaban J connectivity index is 2.26. The first kappa shape index (κ1) is 11.8. The highest BCUT2D eigenvalue weighted by Crippen LogP contribution is 2.20. The second-order valence-corrected chi connectivity index (χ2v) is 4.08. The lowest BCUT2D eigenvalue weighted by atomic mass is 10.00. The van der Waals surface area contributed by atoms with Gasteiger partial charge in [0.05, 0.1) is 6.04 Å². The SMILES string of the molecule is CCCN[C@H](c1ccccc1)c1ccncc1. The number of benzene rings is 1. The van der Waals surface area contributed by atoms with Crippen LogP contribution in [-0.4, -0.2) is 11.5 Å². The first-order chi connectivity index (χ1) is 8.42. The molecular formula is C15H18N2. The van der Waals surface area contributed by atoms with Gasteiger partial charge in [-0.25, -0.2) is 0 Å². The highest BCUT2D eigenvalue weighted by Gasteiger charge is 2.11. The minimum absolute atomic E-state index is 0.263. The smallest absolute Gasteiger partial charge is 0.0577 e. The van der Waals surface area contributed by atoms with Crippen LogP contribution in [0.15, 0.2) is 54.9 Å². The third kappa shape index (κ3) is 3.14. The van der Waals surface area contributed by atoms with Crippen LogP contribution in [0, 0.1) is 0 Å². The zero-order chi connectivity index (χ0) is 11.9. The Hall–Kier alpha value is -1.67.